The van der Waals surface area contributed by atoms with Crippen LogP contribution in [0.4, 0.5) is 0 Å². The van der Waals surface area contributed by atoms with Gasteiger partial charge in [-0.15, -0.1) is 11.3 Å². The number of thiazole rings is 1. The molecule has 2 aromatic heterocycles. The average Bonchev–Trinajstić information content (AvgIpc) is 3.11. The summed E-state index contributed by atoms with van der Waals surface area (Å²) in [5, 5.41) is 3.58. The molecular formula is C19H13NO3S. The van der Waals surface area contributed by atoms with E-state index in [1.54, 1.807) is 13.2 Å². The van der Waals surface area contributed by atoms with E-state index in [1.165, 1.54) is 11.3 Å². The van der Waals surface area contributed by atoms with E-state index < -0.39 is 0 Å². The predicted octanol–water partition coefficient (Wildman–Crippen LogP) is 4.59. The van der Waals surface area contributed by atoms with Gasteiger partial charge in [0.2, 0.25) is 0 Å². The molecule has 2 heterocycles. The largest absolute Gasteiger partial charge is 0.497 e. The van der Waals surface area contributed by atoms with Gasteiger partial charge in [0.1, 0.15) is 16.3 Å². The Kier molecular flexibility index (Phi) is 3.63. The highest BCUT2D eigenvalue weighted by Crippen LogP contribution is 2.30. The summed E-state index contributed by atoms with van der Waals surface area (Å²) in [6.07, 6.45) is 0. The Morgan fingerprint density at radius 2 is 1.96 bits per heavy atom. The van der Waals surface area contributed by atoms with Crippen LogP contribution in [0, 0.1) is 0 Å². The summed E-state index contributed by atoms with van der Waals surface area (Å²) in [4.78, 5) is 16.9. The number of rotatable bonds is 3. The van der Waals surface area contributed by atoms with Gasteiger partial charge in [0.25, 0.3) is 0 Å². The third-order valence-corrected chi connectivity index (χ3v) is 4.63. The molecule has 0 aliphatic heterocycles. The summed E-state index contributed by atoms with van der Waals surface area (Å²) in [6.45, 7) is 0. The maximum absolute atomic E-state index is 12.3. The molecule has 0 bridgehead atoms. The molecule has 4 aromatic rings. The number of para-hydroxylation sites is 1. The van der Waals surface area contributed by atoms with Gasteiger partial charge in [0, 0.05) is 16.3 Å². The van der Waals surface area contributed by atoms with Crippen molar-refractivity contribution < 1.29 is 9.15 Å². The number of nitrogens with zero attached hydrogens (tertiary/aromatic N) is 1. The molecule has 4 nitrogen and oxygen atoms in total. The first kappa shape index (κ1) is 14.7. The molecule has 0 saturated carbocycles. The Hall–Kier alpha value is -2.92. The Morgan fingerprint density at radius 3 is 2.83 bits per heavy atom. The molecule has 0 unspecified atom stereocenters. The van der Waals surface area contributed by atoms with Crippen molar-refractivity contribution in [1.82, 2.24) is 4.98 Å². The molecule has 0 radical (unpaired) electrons. The summed E-state index contributed by atoms with van der Waals surface area (Å²) in [6, 6.07) is 17.0. The molecule has 4 rings (SSSR count). The Bertz CT molecular complexity index is 1080. The van der Waals surface area contributed by atoms with Gasteiger partial charge in [0.15, 0.2) is 0 Å². The minimum Gasteiger partial charge on any atom is -0.497 e. The molecule has 0 fully saturated rings. The van der Waals surface area contributed by atoms with Gasteiger partial charge < -0.3 is 9.15 Å². The zero-order chi connectivity index (χ0) is 16.5. The van der Waals surface area contributed by atoms with Gasteiger partial charge in [0.05, 0.1) is 18.4 Å². The molecule has 24 heavy (non-hydrogen) atoms. The third-order valence-electron chi connectivity index (χ3n) is 3.74. The minimum absolute atomic E-state index is 0.379. The lowest BCUT2D eigenvalue weighted by Gasteiger charge is -2.01. The molecule has 0 saturated heterocycles. The van der Waals surface area contributed by atoms with Crippen molar-refractivity contribution in [1.29, 1.82) is 0 Å². The molecule has 0 atom stereocenters. The van der Waals surface area contributed by atoms with Crippen LogP contribution in [0.5, 0.6) is 5.75 Å². The van der Waals surface area contributed by atoms with E-state index in [1.807, 2.05) is 53.9 Å². The van der Waals surface area contributed by atoms with E-state index in [9.17, 15) is 4.79 Å². The summed E-state index contributed by atoms with van der Waals surface area (Å²) in [7, 11) is 1.63. The average molecular weight is 335 g/mol. The summed E-state index contributed by atoms with van der Waals surface area (Å²) in [5.74, 6) is 0.773. The molecule has 2 aromatic carbocycles. The first-order valence-electron chi connectivity index (χ1n) is 7.38. The molecule has 0 aliphatic carbocycles. The summed E-state index contributed by atoms with van der Waals surface area (Å²) >= 11 is 1.48. The quantitative estimate of drug-likeness (QED) is 0.514. The fraction of sp³-hybridized carbons (Fsp3) is 0.0526. The lowest BCUT2D eigenvalue weighted by atomic mass is 10.1. The van der Waals surface area contributed by atoms with Gasteiger partial charge in [-0.05, 0) is 24.3 Å². The van der Waals surface area contributed by atoms with E-state index >= 15 is 0 Å². The topological polar surface area (TPSA) is 52.3 Å². The first-order valence-corrected chi connectivity index (χ1v) is 8.26. The second kappa shape index (κ2) is 5.94. The van der Waals surface area contributed by atoms with Crippen molar-refractivity contribution in [3.05, 3.63) is 70.4 Å². The molecule has 0 amide bonds. The van der Waals surface area contributed by atoms with E-state index in [-0.39, 0.29) is 5.63 Å². The number of hydrogen-bond donors (Lipinski definition) is 0. The van der Waals surface area contributed by atoms with Crippen LogP contribution in [0.1, 0.15) is 0 Å². The van der Waals surface area contributed by atoms with E-state index in [4.69, 9.17) is 9.15 Å². The highest BCUT2D eigenvalue weighted by atomic mass is 32.1. The Balaban J connectivity index is 1.80. The fourth-order valence-corrected chi connectivity index (χ4v) is 3.34. The number of fused-ring (bicyclic) bond motifs is 1. The van der Waals surface area contributed by atoms with Crippen LogP contribution in [0.2, 0.25) is 0 Å². The number of methoxy groups -OCH3 is 1. The standard InChI is InChI=1S/C19H13NO3S/c1-22-14-7-4-6-13(9-14)18-20-16(11-24-18)15-10-12-5-2-3-8-17(12)23-19(15)21/h2-11H,1H3. The van der Waals surface area contributed by atoms with E-state index in [2.05, 4.69) is 4.98 Å². The van der Waals surface area contributed by atoms with E-state index in [0.29, 0.717) is 16.8 Å². The zero-order valence-corrected chi connectivity index (χ0v) is 13.7. The van der Waals surface area contributed by atoms with Gasteiger partial charge >= 0.3 is 5.63 Å². The van der Waals surface area contributed by atoms with Crippen molar-refractivity contribution >= 4 is 22.3 Å². The van der Waals surface area contributed by atoms with Crippen LogP contribution < -0.4 is 10.4 Å². The SMILES string of the molecule is COc1cccc(-c2nc(-c3cc4ccccc4oc3=O)cs2)c1. The number of ether oxygens (including phenoxy) is 1. The monoisotopic (exact) mass is 335 g/mol. The summed E-state index contributed by atoms with van der Waals surface area (Å²) < 4.78 is 10.6. The van der Waals surface area contributed by atoms with Crippen LogP contribution in [0.25, 0.3) is 32.8 Å². The second-order valence-electron chi connectivity index (χ2n) is 5.26. The lowest BCUT2D eigenvalue weighted by molar-refractivity contribution is 0.415. The van der Waals surface area contributed by atoms with Crippen LogP contribution in [-0.2, 0) is 0 Å². The molecular weight excluding hydrogens is 322 g/mol. The van der Waals surface area contributed by atoms with Crippen molar-refractivity contribution in [2.75, 3.05) is 7.11 Å². The van der Waals surface area contributed by atoms with Crippen LogP contribution >= 0.6 is 11.3 Å². The maximum atomic E-state index is 12.3. The Labute approximate surface area is 142 Å². The fourth-order valence-electron chi connectivity index (χ4n) is 2.53. The van der Waals surface area contributed by atoms with E-state index in [0.717, 1.165) is 21.7 Å². The highest BCUT2D eigenvalue weighted by molar-refractivity contribution is 7.13. The third kappa shape index (κ3) is 2.59. The molecule has 0 aliphatic rings. The minimum atomic E-state index is -0.379. The first-order chi connectivity index (χ1) is 11.7. The highest BCUT2D eigenvalue weighted by Gasteiger charge is 2.12. The molecule has 5 heteroatoms. The number of benzene rings is 2. The van der Waals surface area contributed by atoms with Gasteiger partial charge in [-0.25, -0.2) is 9.78 Å². The molecule has 118 valence electrons. The lowest BCUT2D eigenvalue weighted by Crippen LogP contribution is -2.02. The van der Waals surface area contributed by atoms with Crippen molar-refractivity contribution in [2.45, 2.75) is 0 Å². The number of hydrogen-bond acceptors (Lipinski definition) is 5. The zero-order valence-electron chi connectivity index (χ0n) is 12.9. The second-order valence-corrected chi connectivity index (χ2v) is 6.11. The van der Waals surface area contributed by atoms with Crippen molar-refractivity contribution in [3.8, 4) is 27.6 Å². The Morgan fingerprint density at radius 1 is 1.08 bits per heavy atom. The van der Waals surface area contributed by atoms with Crippen molar-refractivity contribution in [2.24, 2.45) is 0 Å². The van der Waals surface area contributed by atoms with Crippen LogP contribution in [0.3, 0.4) is 0 Å². The van der Waals surface area contributed by atoms with Gasteiger partial charge in [-0.1, -0.05) is 30.3 Å². The predicted molar refractivity (Wildman–Crippen MR) is 95.6 cm³/mol. The van der Waals surface area contributed by atoms with Crippen LogP contribution in [-0.4, -0.2) is 12.1 Å². The van der Waals surface area contributed by atoms with Gasteiger partial charge in [-0.2, -0.15) is 0 Å². The molecule has 0 spiro atoms. The van der Waals surface area contributed by atoms with Gasteiger partial charge in [-0.3, -0.25) is 0 Å². The van der Waals surface area contributed by atoms with Crippen molar-refractivity contribution in [3.63, 3.8) is 0 Å². The number of aromatic nitrogens is 1. The maximum Gasteiger partial charge on any atom is 0.345 e. The smallest absolute Gasteiger partial charge is 0.345 e. The normalized spacial score (nSPS) is 10.9. The molecule has 0 N–H and O–H groups in total. The van der Waals surface area contributed by atoms with Crippen LogP contribution in [0.15, 0.2) is 69.2 Å². The summed E-state index contributed by atoms with van der Waals surface area (Å²) in [5.41, 5.74) is 2.25.